The molecule has 7 heteroatoms. The number of likely N-dealkylation sites (tertiary alicyclic amines) is 1. The molecule has 0 atom stereocenters. The lowest BCUT2D eigenvalue weighted by Crippen LogP contribution is -2.46. The monoisotopic (exact) mass is 402 g/mol. The summed E-state index contributed by atoms with van der Waals surface area (Å²) in [7, 11) is -2.06. The van der Waals surface area contributed by atoms with E-state index in [9.17, 15) is 13.2 Å². The molecular weight excluding hydrogens is 376 g/mol. The molecule has 1 N–H and O–H groups in total. The molecule has 0 unspecified atom stereocenters. The summed E-state index contributed by atoms with van der Waals surface area (Å²) in [6.07, 6.45) is 1.18. The number of ether oxygens (including phenoxy) is 1. The van der Waals surface area contributed by atoms with Crippen molar-refractivity contribution in [2.45, 2.75) is 37.6 Å². The number of amides is 1. The maximum atomic E-state index is 12.8. The predicted octanol–water partition coefficient (Wildman–Crippen LogP) is 2.90. The second kappa shape index (κ2) is 8.32. The summed E-state index contributed by atoms with van der Waals surface area (Å²) in [5.74, 6) is 0.617. The van der Waals surface area contributed by atoms with Gasteiger partial charge in [-0.1, -0.05) is 17.7 Å². The lowest BCUT2D eigenvalue weighted by atomic mass is 10.0. The molecule has 1 heterocycles. The zero-order chi connectivity index (χ0) is 20.3. The first-order chi connectivity index (χ1) is 13.3. The summed E-state index contributed by atoms with van der Waals surface area (Å²) in [5.41, 5.74) is 2.80. The summed E-state index contributed by atoms with van der Waals surface area (Å²) in [6, 6.07) is 11.9. The van der Waals surface area contributed by atoms with Crippen LogP contribution in [-0.4, -0.2) is 45.5 Å². The molecule has 3 rings (SSSR count). The number of methoxy groups -OCH3 is 1. The van der Waals surface area contributed by atoms with Crippen molar-refractivity contribution in [2.24, 2.45) is 0 Å². The molecule has 1 saturated heterocycles. The number of benzene rings is 2. The van der Waals surface area contributed by atoms with E-state index < -0.39 is 10.0 Å². The van der Waals surface area contributed by atoms with Crippen molar-refractivity contribution >= 4 is 15.9 Å². The number of rotatable bonds is 5. The molecule has 2 aromatic carbocycles. The standard InChI is InChI=1S/C21H26N2O4S/c1-15-4-9-20(16(2)14-15)21(24)23-12-10-17(11-13-23)22-28(25,26)19-7-5-18(27-3)6-8-19/h4-9,14,17,22H,10-13H2,1-3H3. The molecule has 0 aromatic heterocycles. The summed E-state index contributed by atoms with van der Waals surface area (Å²) in [4.78, 5) is 14.8. The van der Waals surface area contributed by atoms with Gasteiger partial charge in [0.2, 0.25) is 10.0 Å². The molecule has 0 bridgehead atoms. The van der Waals surface area contributed by atoms with Gasteiger partial charge in [0.15, 0.2) is 0 Å². The van der Waals surface area contributed by atoms with E-state index in [4.69, 9.17) is 4.74 Å². The number of nitrogens with one attached hydrogen (secondary N) is 1. The quantitative estimate of drug-likeness (QED) is 0.834. The zero-order valence-corrected chi connectivity index (χ0v) is 17.3. The van der Waals surface area contributed by atoms with Crippen molar-refractivity contribution in [1.82, 2.24) is 9.62 Å². The first-order valence-electron chi connectivity index (χ1n) is 9.33. The van der Waals surface area contributed by atoms with E-state index in [1.807, 2.05) is 32.0 Å². The van der Waals surface area contributed by atoms with E-state index in [-0.39, 0.29) is 16.8 Å². The van der Waals surface area contributed by atoms with Crippen LogP contribution in [0.4, 0.5) is 0 Å². The van der Waals surface area contributed by atoms with Crippen LogP contribution in [0.2, 0.25) is 0 Å². The molecule has 1 amide bonds. The summed E-state index contributed by atoms with van der Waals surface area (Å²) >= 11 is 0. The van der Waals surface area contributed by atoms with E-state index in [2.05, 4.69) is 4.72 Å². The van der Waals surface area contributed by atoms with Gasteiger partial charge in [-0.2, -0.15) is 0 Å². The zero-order valence-electron chi connectivity index (χ0n) is 16.4. The lowest BCUT2D eigenvalue weighted by Gasteiger charge is -2.32. The molecule has 1 aliphatic heterocycles. The second-order valence-corrected chi connectivity index (χ2v) is 8.90. The molecule has 0 spiro atoms. The average Bonchev–Trinajstić information content (AvgIpc) is 2.68. The third-order valence-corrected chi connectivity index (χ3v) is 6.62. The summed E-state index contributed by atoms with van der Waals surface area (Å²) in [5, 5.41) is 0. The van der Waals surface area contributed by atoms with Crippen molar-refractivity contribution in [2.75, 3.05) is 20.2 Å². The van der Waals surface area contributed by atoms with Gasteiger partial charge in [0, 0.05) is 24.7 Å². The van der Waals surface area contributed by atoms with Crippen LogP contribution in [0.5, 0.6) is 5.75 Å². The van der Waals surface area contributed by atoms with Gasteiger partial charge in [-0.25, -0.2) is 13.1 Å². The Morgan fingerprint density at radius 3 is 2.29 bits per heavy atom. The Morgan fingerprint density at radius 1 is 1.07 bits per heavy atom. The maximum absolute atomic E-state index is 12.8. The average molecular weight is 403 g/mol. The highest BCUT2D eigenvalue weighted by molar-refractivity contribution is 7.89. The molecule has 0 radical (unpaired) electrons. The van der Waals surface area contributed by atoms with Crippen molar-refractivity contribution in [1.29, 1.82) is 0 Å². The fraction of sp³-hybridized carbons (Fsp3) is 0.381. The van der Waals surface area contributed by atoms with E-state index in [1.54, 1.807) is 17.0 Å². The summed E-state index contributed by atoms with van der Waals surface area (Å²) in [6.45, 7) is 5.00. The first-order valence-corrected chi connectivity index (χ1v) is 10.8. The number of nitrogens with zero attached hydrogens (tertiary/aromatic N) is 1. The Labute approximate surface area is 166 Å². The Hall–Kier alpha value is -2.38. The Balaban J connectivity index is 1.61. The van der Waals surface area contributed by atoms with Crippen molar-refractivity contribution in [3.8, 4) is 5.75 Å². The van der Waals surface area contributed by atoms with E-state index in [0.717, 1.165) is 11.1 Å². The molecular formula is C21H26N2O4S. The molecule has 6 nitrogen and oxygen atoms in total. The third kappa shape index (κ3) is 4.54. The number of carbonyl (C=O) groups is 1. The third-order valence-electron chi connectivity index (χ3n) is 5.09. The maximum Gasteiger partial charge on any atom is 0.254 e. The number of hydrogen-bond acceptors (Lipinski definition) is 4. The molecule has 0 saturated carbocycles. The highest BCUT2D eigenvalue weighted by atomic mass is 32.2. The SMILES string of the molecule is COc1ccc(S(=O)(=O)NC2CCN(C(=O)c3ccc(C)cc3C)CC2)cc1. The highest BCUT2D eigenvalue weighted by Crippen LogP contribution is 2.20. The van der Waals surface area contributed by atoms with Crippen LogP contribution >= 0.6 is 0 Å². The first kappa shape index (κ1) is 20.4. The Morgan fingerprint density at radius 2 is 1.71 bits per heavy atom. The Bertz CT molecular complexity index is 947. The lowest BCUT2D eigenvalue weighted by molar-refractivity contribution is 0.0710. The minimum atomic E-state index is -3.60. The molecule has 0 aliphatic carbocycles. The number of hydrogen-bond donors (Lipinski definition) is 1. The van der Waals surface area contributed by atoms with E-state index >= 15 is 0 Å². The van der Waals surface area contributed by atoms with Crippen LogP contribution in [-0.2, 0) is 10.0 Å². The van der Waals surface area contributed by atoms with Gasteiger partial charge in [-0.3, -0.25) is 4.79 Å². The topological polar surface area (TPSA) is 75.7 Å². The molecule has 28 heavy (non-hydrogen) atoms. The number of carbonyl (C=O) groups excluding carboxylic acids is 1. The van der Waals surface area contributed by atoms with Gasteiger partial charge in [-0.05, 0) is 62.6 Å². The predicted molar refractivity (Wildman–Crippen MR) is 108 cm³/mol. The largest absolute Gasteiger partial charge is 0.497 e. The van der Waals surface area contributed by atoms with Gasteiger partial charge in [0.25, 0.3) is 5.91 Å². The van der Waals surface area contributed by atoms with E-state index in [1.165, 1.54) is 19.2 Å². The second-order valence-electron chi connectivity index (χ2n) is 7.18. The van der Waals surface area contributed by atoms with Gasteiger partial charge in [0.05, 0.1) is 12.0 Å². The van der Waals surface area contributed by atoms with E-state index in [0.29, 0.717) is 37.2 Å². The fourth-order valence-electron chi connectivity index (χ4n) is 3.47. The highest BCUT2D eigenvalue weighted by Gasteiger charge is 2.27. The minimum absolute atomic E-state index is 0.00830. The van der Waals surface area contributed by atoms with Gasteiger partial charge < -0.3 is 9.64 Å². The van der Waals surface area contributed by atoms with Crippen molar-refractivity contribution in [3.05, 3.63) is 59.2 Å². The molecule has 2 aromatic rings. The fourth-order valence-corrected chi connectivity index (χ4v) is 4.77. The normalized spacial score (nSPS) is 15.5. The van der Waals surface area contributed by atoms with Crippen LogP contribution in [0, 0.1) is 13.8 Å². The summed E-state index contributed by atoms with van der Waals surface area (Å²) < 4.78 is 33.0. The van der Waals surface area contributed by atoms with Crippen molar-refractivity contribution < 1.29 is 17.9 Å². The van der Waals surface area contributed by atoms with Crippen LogP contribution in [0.1, 0.15) is 34.3 Å². The minimum Gasteiger partial charge on any atom is -0.497 e. The van der Waals surface area contributed by atoms with Crippen LogP contribution in [0.3, 0.4) is 0 Å². The number of sulfonamides is 1. The number of aryl methyl sites for hydroxylation is 2. The van der Waals surface area contributed by atoms with Crippen LogP contribution in [0.15, 0.2) is 47.4 Å². The van der Waals surface area contributed by atoms with Crippen LogP contribution in [0.25, 0.3) is 0 Å². The Kier molecular flexibility index (Phi) is 6.05. The van der Waals surface area contributed by atoms with Crippen LogP contribution < -0.4 is 9.46 Å². The molecule has 1 fully saturated rings. The smallest absolute Gasteiger partial charge is 0.254 e. The van der Waals surface area contributed by atoms with Crippen molar-refractivity contribution in [3.63, 3.8) is 0 Å². The van der Waals surface area contributed by atoms with Gasteiger partial charge >= 0.3 is 0 Å². The van der Waals surface area contributed by atoms with Gasteiger partial charge in [-0.15, -0.1) is 0 Å². The molecule has 150 valence electrons. The van der Waals surface area contributed by atoms with Gasteiger partial charge in [0.1, 0.15) is 5.75 Å². The number of piperidine rings is 1. The molecule has 1 aliphatic rings.